The Morgan fingerprint density at radius 3 is 1.32 bits per heavy atom. The number of fused-ring (bicyclic) bond motifs is 9. The van der Waals surface area contributed by atoms with Crippen LogP contribution in [0, 0.1) is 0 Å². The predicted molar refractivity (Wildman–Crippen MR) is 277 cm³/mol. The minimum atomic E-state index is -0.431. The van der Waals surface area contributed by atoms with Crippen molar-refractivity contribution in [2.75, 3.05) is 0 Å². The lowest BCUT2D eigenvalue weighted by atomic mass is 9.67. The van der Waals surface area contributed by atoms with E-state index in [0.29, 0.717) is 17.5 Å². The van der Waals surface area contributed by atoms with Crippen LogP contribution in [0.15, 0.2) is 253 Å². The van der Waals surface area contributed by atoms with Crippen LogP contribution in [0.3, 0.4) is 0 Å². The summed E-state index contributed by atoms with van der Waals surface area (Å²) in [5, 5.41) is 0. The fraction of sp³-hybridized carbons (Fsp3) is 0.0159. The highest BCUT2D eigenvalue weighted by Gasteiger charge is 2.50. The number of nitrogens with zero attached hydrogens (tertiary/aromatic N) is 4. The maximum Gasteiger partial charge on any atom is 0.164 e. The molecule has 2 aliphatic rings. The lowest BCUT2D eigenvalue weighted by Gasteiger charge is -2.39. The van der Waals surface area contributed by atoms with Crippen LogP contribution >= 0.6 is 11.8 Å². The molecule has 9 aromatic carbocycles. The molecular formula is C63H40N4S. The average molecular weight is 885 g/mol. The first-order valence-electron chi connectivity index (χ1n) is 22.9. The molecule has 0 fully saturated rings. The minimum Gasteiger partial charge on any atom is -0.264 e. The maximum absolute atomic E-state index is 5.18. The fourth-order valence-electron chi connectivity index (χ4n) is 10.4. The Hall–Kier alpha value is -8.51. The molecule has 0 saturated heterocycles. The summed E-state index contributed by atoms with van der Waals surface area (Å²) in [4.78, 5) is 22.4. The van der Waals surface area contributed by atoms with E-state index in [1.54, 1.807) is 6.20 Å². The molecule has 0 unspecified atom stereocenters. The molecule has 13 rings (SSSR count). The number of pyridine rings is 1. The molecule has 11 aromatic rings. The van der Waals surface area contributed by atoms with Crippen LogP contribution in [0.25, 0.3) is 89.8 Å². The van der Waals surface area contributed by atoms with Crippen LogP contribution in [-0.2, 0) is 5.41 Å². The summed E-state index contributed by atoms with van der Waals surface area (Å²) >= 11 is 1.87. The van der Waals surface area contributed by atoms with Crippen molar-refractivity contribution < 1.29 is 0 Å². The summed E-state index contributed by atoms with van der Waals surface area (Å²) in [6.45, 7) is 0. The van der Waals surface area contributed by atoms with E-state index in [0.717, 1.165) is 55.6 Å². The summed E-state index contributed by atoms with van der Waals surface area (Å²) in [5.41, 5.74) is 19.3. The quantitative estimate of drug-likeness (QED) is 0.160. The van der Waals surface area contributed by atoms with E-state index < -0.39 is 5.41 Å². The van der Waals surface area contributed by atoms with E-state index >= 15 is 0 Å². The molecule has 5 heteroatoms. The fourth-order valence-corrected chi connectivity index (χ4v) is 11.6. The first-order chi connectivity index (χ1) is 33.7. The number of rotatable bonds is 7. The Labute approximate surface area is 399 Å². The van der Waals surface area contributed by atoms with Gasteiger partial charge in [0.2, 0.25) is 0 Å². The second kappa shape index (κ2) is 16.4. The van der Waals surface area contributed by atoms with E-state index in [4.69, 9.17) is 15.0 Å². The van der Waals surface area contributed by atoms with Crippen molar-refractivity contribution in [1.82, 2.24) is 19.9 Å². The molecule has 0 radical (unpaired) electrons. The van der Waals surface area contributed by atoms with E-state index in [1.165, 1.54) is 48.7 Å². The van der Waals surface area contributed by atoms with Crippen LogP contribution in [0.1, 0.15) is 22.3 Å². The zero-order valence-corrected chi connectivity index (χ0v) is 37.6. The molecule has 3 heterocycles. The van der Waals surface area contributed by atoms with Crippen LogP contribution in [-0.4, -0.2) is 19.9 Å². The van der Waals surface area contributed by atoms with Gasteiger partial charge in [-0.05, 0) is 96.6 Å². The third-order valence-corrected chi connectivity index (χ3v) is 14.7. The molecular weight excluding hydrogens is 845 g/mol. The minimum absolute atomic E-state index is 0.431. The van der Waals surface area contributed by atoms with Gasteiger partial charge >= 0.3 is 0 Å². The van der Waals surface area contributed by atoms with Gasteiger partial charge in [0.1, 0.15) is 0 Å². The van der Waals surface area contributed by atoms with E-state index in [-0.39, 0.29) is 0 Å². The Morgan fingerprint density at radius 2 is 0.721 bits per heavy atom. The van der Waals surface area contributed by atoms with E-state index in [9.17, 15) is 0 Å². The number of benzene rings is 9. The molecule has 2 aromatic heterocycles. The second-order valence-electron chi connectivity index (χ2n) is 17.3. The standard InChI is InChI=1S/C63H40N4S/c1-2-13-41(14-3-1)42-26-32-45(33-27-42)60-65-61(46-34-28-43(29-35-46)48-15-10-16-49(39-48)50-17-12-38-64-40-50)67-62(66-60)47-36-30-44(31-37-47)51-19-11-23-56-59(51)52-18-4-5-20-53(52)63(56)54-21-6-8-24-57(54)68-58-25-9-7-22-55(58)63/h1-40H. The maximum atomic E-state index is 5.18. The molecule has 318 valence electrons. The van der Waals surface area contributed by atoms with Crippen molar-refractivity contribution in [3.05, 3.63) is 265 Å². The van der Waals surface area contributed by atoms with Gasteiger partial charge in [-0.15, -0.1) is 0 Å². The summed E-state index contributed by atoms with van der Waals surface area (Å²) in [7, 11) is 0. The van der Waals surface area contributed by atoms with Crippen molar-refractivity contribution in [3.63, 3.8) is 0 Å². The Kier molecular flexibility index (Phi) is 9.62. The highest BCUT2D eigenvalue weighted by atomic mass is 32.2. The first kappa shape index (κ1) is 39.8. The van der Waals surface area contributed by atoms with E-state index in [1.807, 2.05) is 30.1 Å². The zero-order valence-electron chi connectivity index (χ0n) is 36.8. The third kappa shape index (κ3) is 6.62. The van der Waals surface area contributed by atoms with E-state index in [2.05, 4.69) is 223 Å². The van der Waals surface area contributed by atoms with Gasteiger partial charge < -0.3 is 0 Å². The molecule has 1 aliphatic carbocycles. The summed E-state index contributed by atoms with van der Waals surface area (Å²) in [6.07, 6.45) is 3.70. The summed E-state index contributed by atoms with van der Waals surface area (Å²) < 4.78 is 0. The van der Waals surface area contributed by atoms with Crippen molar-refractivity contribution in [2.24, 2.45) is 0 Å². The lowest BCUT2D eigenvalue weighted by molar-refractivity contribution is 0.722. The van der Waals surface area contributed by atoms with Crippen LogP contribution in [0.5, 0.6) is 0 Å². The van der Waals surface area contributed by atoms with Gasteiger partial charge in [-0.1, -0.05) is 218 Å². The van der Waals surface area contributed by atoms with Crippen LogP contribution < -0.4 is 0 Å². The molecule has 4 nitrogen and oxygen atoms in total. The highest BCUT2D eigenvalue weighted by molar-refractivity contribution is 7.99. The molecule has 1 spiro atoms. The SMILES string of the molecule is c1ccc(-c2ccc(-c3nc(-c4ccc(-c5cccc(-c6cccnc6)c5)cc4)nc(-c4ccc(-c5cccc6c5-c5ccccc5C65c6ccccc6Sc6ccccc65)cc4)n3)cc2)cc1. The highest BCUT2D eigenvalue weighted by Crippen LogP contribution is 2.63. The van der Waals surface area contributed by atoms with Gasteiger partial charge in [-0.2, -0.15) is 0 Å². The Bertz CT molecular complexity index is 3640. The van der Waals surface area contributed by atoms with Crippen LogP contribution in [0.4, 0.5) is 0 Å². The largest absolute Gasteiger partial charge is 0.264 e. The van der Waals surface area contributed by atoms with Crippen molar-refractivity contribution in [2.45, 2.75) is 15.2 Å². The topological polar surface area (TPSA) is 51.6 Å². The molecule has 1 aliphatic heterocycles. The van der Waals surface area contributed by atoms with Gasteiger partial charge in [0.25, 0.3) is 0 Å². The molecule has 0 bridgehead atoms. The Balaban J connectivity index is 0.903. The molecule has 0 amide bonds. The second-order valence-corrected chi connectivity index (χ2v) is 18.4. The predicted octanol–water partition coefficient (Wildman–Crippen LogP) is 15.8. The summed E-state index contributed by atoms with van der Waals surface area (Å²) in [5.74, 6) is 1.86. The van der Waals surface area contributed by atoms with Gasteiger partial charge in [-0.25, -0.2) is 15.0 Å². The third-order valence-electron chi connectivity index (χ3n) is 13.5. The normalized spacial score (nSPS) is 12.8. The lowest BCUT2D eigenvalue weighted by Crippen LogP contribution is -2.31. The smallest absolute Gasteiger partial charge is 0.164 e. The van der Waals surface area contributed by atoms with Crippen molar-refractivity contribution in [3.8, 4) is 89.8 Å². The number of aromatic nitrogens is 4. The van der Waals surface area contributed by atoms with Crippen molar-refractivity contribution in [1.29, 1.82) is 0 Å². The van der Waals surface area contributed by atoms with Crippen LogP contribution in [0.2, 0.25) is 0 Å². The monoisotopic (exact) mass is 884 g/mol. The van der Waals surface area contributed by atoms with Gasteiger partial charge in [-0.3, -0.25) is 4.98 Å². The Morgan fingerprint density at radius 1 is 0.294 bits per heavy atom. The van der Waals surface area contributed by atoms with Gasteiger partial charge in [0, 0.05) is 44.4 Å². The molecule has 0 N–H and O–H groups in total. The molecule has 0 saturated carbocycles. The summed E-state index contributed by atoms with van der Waals surface area (Å²) in [6, 6.07) is 82.6. The number of hydrogen-bond acceptors (Lipinski definition) is 5. The van der Waals surface area contributed by atoms with Crippen molar-refractivity contribution >= 4 is 11.8 Å². The van der Waals surface area contributed by atoms with Gasteiger partial charge in [0.05, 0.1) is 5.41 Å². The molecule has 68 heavy (non-hydrogen) atoms. The first-order valence-corrected chi connectivity index (χ1v) is 23.7. The van der Waals surface area contributed by atoms with Gasteiger partial charge in [0.15, 0.2) is 17.5 Å². The average Bonchev–Trinajstić information content (AvgIpc) is 3.72. The number of hydrogen-bond donors (Lipinski definition) is 0. The zero-order chi connectivity index (χ0) is 45.0. The molecule has 0 atom stereocenters.